The summed E-state index contributed by atoms with van der Waals surface area (Å²) in [5, 5.41) is 0. The summed E-state index contributed by atoms with van der Waals surface area (Å²) in [6.45, 7) is 1.50. The van der Waals surface area contributed by atoms with Crippen LogP contribution in [0.5, 0.6) is 0 Å². The van der Waals surface area contributed by atoms with Crippen LogP contribution in [0.4, 0.5) is 0 Å². The Kier molecular flexibility index (Phi) is 11.4. The van der Waals surface area contributed by atoms with Crippen LogP contribution < -0.4 is 29.6 Å². The molecule has 0 unspecified atom stereocenters. The molecule has 0 fully saturated rings. The molecule has 54 valence electrons. The molecule has 10 heavy (non-hydrogen) atoms. The maximum Gasteiger partial charge on any atom is 1.00 e. The van der Waals surface area contributed by atoms with Crippen molar-refractivity contribution < 1.29 is 34.3 Å². The Bertz CT molecular complexity index is 99.6. The minimum absolute atomic E-state index is 0. The molecule has 0 aromatic carbocycles. The maximum atomic E-state index is 4.91. The molecule has 0 aliphatic rings. The number of likely N-dealkylation sites (N-methyl/N-ethyl adjacent to an activating group) is 1. The van der Waals surface area contributed by atoms with Crippen molar-refractivity contribution in [1.82, 2.24) is 4.90 Å². The van der Waals surface area contributed by atoms with E-state index in [-0.39, 0.29) is 29.6 Å². The van der Waals surface area contributed by atoms with Gasteiger partial charge in [-0.15, -0.1) is 0 Å². The number of hydrogen-bond donors (Lipinski definition) is 1. The van der Waals surface area contributed by atoms with E-state index < -0.39 is 0 Å². The van der Waals surface area contributed by atoms with Gasteiger partial charge in [-0.1, -0.05) is 12.6 Å². The largest absolute Gasteiger partial charge is 1.00 e. The number of thiocarbonyl (C=S) groups is 1. The van der Waals surface area contributed by atoms with E-state index in [0.717, 1.165) is 6.54 Å². The third-order valence-corrected chi connectivity index (χ3v) is 1.01. The van der Waals surface area contributed by atoms with Gasteiger partial charge in [-0.25, -0.2) is 0 Å². The Morgan fingerprint density at radius 2 is 2.10 bits per heavy atom. The molecular formula is C5H11NNaOS2+. The SMILES string of the molecule is CN(C)CCOC(=S)S.[Na+]. The van der Waals surface area contributed by atoms with Gasteiger partial charge < -0.3 is 9.64 Å². The molecule has 0 saturated heterocycles. The van der Waals surface area contributed by atoms with Crippen molar-refractivity contribution in [2.75, 3.05) is 27.2 Å². The van der Waals surface area contributed by atoms with E-state index in [4.69, 9.17) is 4.74 Å². The van der Waals surface area contributed by atoms with E-state index in [1.54, 1.807) is 0 Å². The van der Waals surface area contributed by atoms with Gasteiger partial charge in [0.15, 0.2) is 0 Å². The van der Waals surface area contributed by atoms with Crippen molar-refractivity contribution in [1.29, 1.82) is 0 Å². The quantitative estimate of drug-likeness (QED) is 0.306. The van der Waals surface area contributed by atoms with Crippen molar-refractivity contribution in [2.45, 2.75) is 0 Å². The summed E-state index contributed by atoms with van der Waals surface area (Å²) < 4.78 is 5.22. The zero-order valence-corrected chi connectivity index (χ0v) is 10.3. The molecule has 0 N–H and O–H groups in total. The van der Waals surface area contributed by atoms with E-state index in [1.807, 2.05) is 19.0 Å². The molecule has 0 radical (unpaired) electrons. The number of hydrogen-bond acceptors (Lipinski definition) is 3. The van der Waals surface area contributed by atoms with Crippen LogP contribution in [0.1, 0.15) is 0 Å². The summed E-state index contributed by atoms with van der Waals surface area (Å²) in [5.41, 5.74) is 0. The molecular weight excluding hydrogens is 177 g/mol. The normalized spacial score (nSPS) is 8.80. The van der Waals surface area contributed by atoms with Gasteiger partial charge in [0.25, 0.3) is 0 Å². The van der Waals surface area contributed by atoms with Crippen molar-refractivity contribution in [3.63, 3.8) is 0 Å². The second kappa shape index (κ2) is 8.30. The zero-order valence-electron chi connectivity index (χ0n) is 6.63. The summed E-state index contributed by atoms with van der Waals surface area (Å²) in [6.07, 6.45) is 0. The summed E-state index contributed by atoms with van der Waals surface area (Å²) in [4.78, 5) is 2.02. The second-order valence-electron chi connectivity index (χ2n) is 1.92. The van der Waals surface area contributed by atoms with Crippen LogP contribution in [-0.2, 0) is 4.74 Å². The van der Waals surface area contributed by atoms with E-state index in [1.165, 1.54) is 0 Å². The van der Waals surface area contributed by atoms with Gasteiger partial charge in [-0.3, -0.25) is 0 Å². The van der Waals surface area contributed by atoms with Gasteiger partial charge in [-0.2, -0.15) is 0 Å². The van der Waals surface area contributed by atoms with Gasteiger partial charge >= 0.3 is 29.6 Å². The molecule has 0 rings (SSSR count). The van der Waals surface area contributed by atoms with Gasteiger partial charge in [-0.05, 0) is 26.3 Å². The van der Waals surface area contributed by atoms with E-state index in [0.29, 0.717) is 11.0 Å². The molecule has 0 aromatic heterocycles. The fourth-order valence-corrected chi connectivity index (χ4v) is 0.490. The molecule has 0 heterocycles. The monoisotopic (exact) mass is 188 g/mol. The zero-order chi connectivity index (χ0) is 7.28. The van der Waals surface area contributed by atoms with Crippen molar-refractivity contribution in [3.05, 3.63) is 0 Å². The van der Waals surface area contributed by atoms with Gasteiger partial charge in [0.1, 0.15) is 6.61 Å². The first-order valence-electron chi connectivity index (χ1n) is 2.63. The third kappa shape index (κ3) is 11.9. The predicted molar refractivity (Wildman–Crippen MR) is 46.1 cm³/mol. The topological polar surface area (TPSA) is 12.5 Å². The predicted octanol–water partition coefficient (Wildman–Crippen LogP) is -2.22. The van der Waals surface area contributed by atoms with Crippen LogP contribution >= 0.6 is 24.8 Å². The fraction of sp³-hybridized carbons (Fsp3) is 0.800. The molecule has 0 bridgehead atoms. The van der Waals surface area contributed by atoms with Crippen LogP contribution in [0.15, 0.2) is 0 Å². The molecule has 2 nitrogen and oxygen atoms in total. The van der Waals surface area contributed by atoms with E-state index in [9.17, 15) is 0 Å². The van der Waals surface area contributed by atoms with Crippen LogP contribution in [0.25, 0.3) is 0 Å². The minimum atomic E-state index is 0. The Morgan fingerprint density at radius 3 is 2.40 bits per heavy atom. The molecule has 0 atom stereocenters. The van der Waals surface area contributed by atoms with Gasteiger partial charge in [0, 0.05) is 6.54 Å². The molecule has 0 aromatic rings. The molecule has 0 amide bonds. The van der Waals surface area contributed by atoms with Crippen LogP contribution in [0.2, 0.25) is 0 Å². The van der Waals surface area contributed by atoms with Crippen LogP contribution in [0, 0.1) is 0 Å². The van der Waals surface area contributed by atoms with Gasteiger partial charge in [0.2, 0.25) is 4.38 Å². The Hall–Kier alpha value is 1.20. The smallest absolute Gasteiger partial charge is 0.477 e. The minimum Gasteiger partial charge on any atom is -0.477 e. The average molecular weight is 188 g/mol. The van der Waals surface area contributed by atoms with E-state index in [2.05, 4.69) is 24.8 Å². The summed E-state index contributed by atoms with van der Waals surface area (Å²) in [5.74, 6) is 0. The molecule has 0 saturated carbocycles. The first-order chi connectivity index (χ1) is 4.13. The Balaban J connectivity index is 0. The number of nitrogens with zero attached hydrogens (tertiary/aromatic N) is 1. The summed E-state index contributed by atoms with van der Waals surface area (Å²) >= 11 is 8.36. The van der Waals surface area contributed by atoms with Crippen molar-refractivity contribution in [2.24, 2.45) is 0 Å². The molecule has 5 heteroatoms. The number of ether oxygens (including phenoxy) is 1. The number of thiol groups is 1. The van der Waals surface area contributed by atoms with Crippen LogP contribution in [-0.4, -0.2) is 36.5 Å². The first-order valence-corrected chi connectivity index (χ1v) is 3.49. The summed E-state index contributed by atoms with van der Waals surface area (Å²) in [7, 11) is 3.95. The summed E-state index contributed by atoms with van der Waals surface area (Å²) in [6, 6.07) is 0. The van der Waals surface area contributed by atoms with Crippen molar-refractivity contribution >= 4 is 29.2 Å². The maximum absolute atomic E-state index is 4.91. The number of rotatable bonds is 3. The average Bonchev–Trinajstić information content (AvgIpc) is 1.63. The molecule has 0 spiro atoms. The standard InChI is InChI=1S/C5H11NOS2.Na/c1-6(2)3-4-7-5(8)9;/h3-4H2,1-2H3,(H,8,9);/q;+1. The van der Waals surface area contributed by atoms with Gasteiger partial charge in [0.05, 0.1) is 0 Å². The Labute approximate surface area is 95.0 Å². The third-order valence-electron chi connectivity index (χ3n) is 0.764. The van der Waals surface area contributed by atoms with Crippen molar-refractivity contribution in [3.8, 4) is 0 Å². The van der Waals surface area contributed by atoms with Crippen LogP contribution in [0.3, 0.4) is 0 Å². The molecule has 0 aliphatic carbocycles. The molecule has 0 aliphatic heterocycles. The Morgan fingerprint density at radius 1 is 1.60 bits per heavy atom. The first kappa shape index (κ1) is 13.8. The second-order valence-corrected chi connectivity index (χ2v) is 3.00. The fourth-order valence-electron chi connectivity index (χ4n) is 0.316. The van der Waals surface area contributed by atoms with E-state index >= 15 is 0 Å².